The molecule has 4 rings (SSSR count). The van der Waals surface area contributed by atoms with Crippen molar-refractivity contribution >= 4 is 21.5 Å². The van der Waals surface area contributed by atoms with Gasteiger partial charge in [0.1, 0.15) is 5.75 Å². The molecule has 0 heterocycles. The van der Waals surface area contributed by atoms with Crippen LogP contribution in [0.2, 0.25) is 0 Å². The first-order valence-corrected chi connectivity index (χ1v) is 8.84. The van der Waals surface area contributed by atoms with Crippen LogP contribution in [0, 0.1) is 13.8 Å². The third-order valence-electron chi connectivity index (χ3n) is 5.25. The van der Waals surface area contributed by atoms with Gasteiger partial charge in [0.05, 0.1) is 13.7 Å². The van der Waals surface area contributed by atoms with Gasteiger partial charge in [0.2, 0.25) is 0 Å². The van der Waals surface area contributed by atoms with E-state index in [9.17, 15) is 5.11 Å². The Balaban J connectivity index is 2.17. The quantitative estimate of drug-likeness (QED) is 0.511. The Morgan fingerprint density at radius 3 is 2.08 bits per heavy atom. The number of hydrogen-bond acceptors (Lipinski definition) is 2. The fraction of sp³-hybridized carbons (Fsp3) is 0.167. The maximum absolute atomic E-state index is 10.2. The van der Waals surface area contributed by atoms with Gasteiger partial charge in [0.15, 0.2) is 0 Å². The van der Waals surface area contributed by atoms with Gasteiger partial charge in [-0.1, -0.05) is 54.6 Å². The summed E-state index contributed by atoms with van der Waals surface area (Å²) in [6, 6.07) is 20.9. The van der Waals surface area contributed by atoms with Crippen molar-refractivity contribution in [3.8, 4) is 16.9 Å². The van der Waals surface area contributed by atoms with Crippen molar-refractivity contribution in [3.63, 3.8) is 0 Å². The van der Waals surface area contributed by atoms with Crippen LogP contribution in [-0.4, -0.2) is 12.2 Å². The summed E-state index contributed by atoms with van der Waals surface area (Å²) in [5, 5.41) is 14.8. The predicted octanol–water partition coefficient (Wildman–Crippen LogP) is 5.78. The molecule has 0 unspecified atom stereocenters. The molecule has 0 atom stereocenters. The topological polar surface area (TPSA) is 29.5 Å². The van der Waals surface area contributed by atoms with E-state index in [1.165, 1.54) is 21.9 Å². The van der Waals surface area contributed by atoms with Crippen LogP contribution in [0.15, 0.2) is 60.7 Å². The molecule has 0 spiro atoms. The molecule has 0 amide bonds. The van der Waals surface area contributed by atoms with E-state index in [0.717, 1.165) is 33.2 Å². The molecule has 0 radical (unpaired) electrons. The third-order valence-corrected chi connectivity index (χ3v) is 5.25. The first-order valence-electron chi connectivity index (χ1n) is 8.84. The molecule has 4 aromatic rings. The number of rotatable bonds is 3. The molecule has 0 aliphatic heterocycles. The molecule has 0 bridgehead atoms. The third kappa shape index (κ3) is 2.46. The van der Waals surface area contributed by atoms with Gasteiger partial charge in [-0.2, -0.15) is 0 Å². The van der Waals surface area contributed by atoms with Gasteiger partial charge in [-0.25, -0.2) is 0 Å². The van der Waals surface area contributed by atoms with Gasteiger partial charge in [-0.3, -0.25) is 0 Å². The van der Waals surface area contributed by atoms with Gasteiger partial charge in [-0.15, -0.1) is 0 Å². The summed E-state index contributed by atoms with van der Waals surface area (Å²) in [4.78, 5) is 0. The standard InChI is InChI=1S/C24H22O2/c1-15-12-17-8-4-6-10-19(17)16(2)23(15)24-21(14-25)20-11-7-5-9-18(20)13-22(24)26-3/h4-13,25H,14H2,1-3H3. The van der Waals surface area contributed by atoms with E-state index < -0.39 is 0 Å². The molecule has 0 saturated carbocycles. The van der Waals surface area contributed by atoms with E-state index in [2.05, 4.69) is 62.4 Å². The number of hydrogen-bond donors (Lipinski definition) is 1. The van der Waals surface area contributed by atoms with Crippen LogP contribution in [0.25, 0.3) is 32.7 Å². The molecular formula is C24H22O2. The monoisotopic (exact) mass is 342 g/mol. The second-order valence-corrected chi connectivity index (χ2v) is 6.73. The number of methoxy groups -OCH3 is 1. The Bertz CT molecular complexity index is 1130. The van der Waals surface area contributed by atoms with Crippen molar-refractivity contribution in [2.45, 2.75) is 20.5 Å². The van der Waals surface area contributed by atoms with Crippen LogP contribution in [0.4, 0.5) is 0 Å². The van der Waals surface area contributed by atoms with E-state index in [1.54, 1.807) is 7.11 Å². The Labute approximate surface area is 153 Å². The molecule has 0 aliphatic rings. The predicted molar refractivity (Wildman–Crippen MR) is 109 cm³/mol. The lowest BCUT2D eigenvalue weighted by Crippen LogP contribution is -2.00. The summed E-state index contributed by atoms with van der Waals surface area (Å²) in [7, 11) is 1.69. The summed E-state index contributed by atoms with van der Waals surface area (Å²) >= 11 is 0. The van der Waals surface area contributed by atoms with E-state index in [1.807, 2.05) is 12.1 Å². The van der Waals surface area contributed by atoms with Gasteiger partial charge >= 0.3 is 0 Å². The second kappa shape index (κ2) is 6.47. The molecule has 26 heavy (non-hydrogen) atoms. The summed E-state index contributed by atoms with van der Waals surface area (Å²) in [6.07, 6.45) is 0. The van der Waals surface area contributed by atoms with Crippen molar-refractivity contribution < 1.29 is 9.84 Å². The first kappa shape index (κ1) is 16.6. The Hall–Kier alpha value is -2.84. The maximum atomic E-state index is 10.2. The number of aryl methyl sites for hydroxylation is 2. The summed E-state index contributed by atoms with van der Waals surface area (Å²) < 4.78 is 5.76. The minimum absolute atomic E-state index is 0.0290. The molecule has 4 aromatic carbocycles. The lowest BCUT2D eigenvalue weighted by Gasteiger charge is -2.21. The minimum Gasteiger partial charge on any atom is -0.496 e. The molecule has 130 valence electrons. The van der Waals surface area contributed by atoms with Crippen LogP contribution in [0.3, 0.4) is 0 Å². The molecular weight excluding hydrogens is 320 g/mol. The summed E-state index contributed by atoms with van der Waals surface area (Å²) in [5.41, 5.74) is 5.46. The smallest absolute Gasteiger partial charge is 0.127 e. The SMILES string of the molecule is COc1cc2ccccc2c(CO)c1-c1c(C)cc2ccccc2c1C. The van der Waals surface area contributed by atoms with Crippen molar-refractivity contribution in [2.75, 3.05) is 7.11 Å². The zero-order valence-corrected chi connectivity index (χ0v) is 15.3. The van der Waals surface area contributed by atoms with Gasteiger partial charge in [-0.05, 0) is 63.7 Å². The Morgan fingerprint density at radius 1 is 0.808 bits per heavy atom. The van der Waals surface area contributed by atoms with Crippen molar-refractivity contribution in [1.29, 1.82) is 0 Å². The molecule has 2 nitrogen and oxygen atoms in total. The Morgan fingerprint density at radius 2 is 1.42 bits per heavy atom. The average molecular weight is 342 g/mol. The molecule has 1 N–H and O–H groups in total. The van der Waals surface area contributed by atoms with Gasteiger partial charge < -0.3 is 9.84 Å². The molecule has 0 saturated heterocycles. The molecule has 0 aliphatic carbocycles. The van der Waals surface area contributed by atoms with Crippen molar-refractivity contribution in [3.05, 3.63) is 77.4 Å². The average Bonchev–Trinajstić information content (AvgIpc) is 2.67. The van der Waals surface area contributed by atoms with Gasteiger partial charge in [0.25, 0.3) is 0 Å². The lowest BCUT2D eigenvalue weighted by molar-refractivity contribution is 0.283. The van der Waals surface area contributed by atoms with Crippen molar-refractivity contribution in [2.24, 2.45) is 0 Å². The highest BCUT2D eigenvalue weighted by Gasteiger charge is 2.19. The number of aliphatic hydroxyl groups excluding tert-OH is 1. The van der Waals surface area contributed by atoms with E-state index in [-0.39, 0.29) is 6.61 Å². The number of benzene rings is 4. The highest BCUT2D eigenvalue weighted by atomic mass is 16.5. The van der Waals surface area contributed by atoms with Crippen LogP contribution in [0.5, 0.6) is 5.75 Å². The van der Waals surface area contributed by atoms with Crippen LogP contribution in [0.1, 0.15) is 16.7 Å². The number of fused-ring (bicyclic) bond motifs is 2. The van der Waals surface area contributed by atoms with E-state index >= 15 is 0 Å². The second-order valence-electron chi connectivity index (χ2n) is 6.73. The van der Waals surface area contributed by atoms with Crippen LogP contribution in [-0.2, 0) is 6.61 Å². The zero-order chi connectivity index (χ0) is 18.3. The normalized spacial score (nSPS) is 11.2. The van der Waals surface area contributed by atoms with Crippen molar-refractivity contribution in [1.82, 2.24) is 0 Å². The van der Waals surface area contributed by atoms with Gasteiger partial charge in [0, 0.05) is 5.56 Å². The number of ether oxygens (including phenoxy) is 1. The van der Waals surface area contributed by atoms with Crippen LogP contribution < -0.4 is 4.74 Å². The fourth-order valence-corrected chi connectivity index (χ4v) is 4.08. The van der Waals surface area contributed by atoms with E-state index in [4.69, 9.17) is 4.74 Å². The number of aliphatic hydroxyl groups is 1. The minimum atomic E-state index is -0.0290. The Kier molecular flexibility index (Phi) is 4.14. The first-order chi connectivity index (χ1) is 12.7. The lowest BCUT2D eigenvalue weighted by atomic mass is 9.86. The van der Waals surface area contributed by atoms with E-state index in [0.29, 0.717) is 0 Å². The largest absolute Gasteiger partial charge is 0.496 e. The zero-order valence-electron chi connectivity index (χ0n) is 15.3. The molecule has 0 fully saturated rings. The fourth-order valence-electron chi connectivity index (χ4n) is 4.08. The highest BCUT2D eigenvalue weighted by Crippen LogP contribution is 2.43. The molecule has 2 heteroatoms. The maximum Gasteiger partial charge on any atom is 0.127 e. The molecule has 0 aromatic heterocycles. The summed E-state index contributed by atoms with van der Waals surface area (Å²) in [5.74, 6) is 0.800. The van der Waals surface area contributed by atoms with Crippen LogP contribution >= 0.6 is 0 Å². The summed E-state index contributed by atoms with van der Waals surface area (Å²) in [6.45, 7) is 4.25. The highest BCUT2D eigenvalue weighted by molar-refractivity contribution is 6.00.